The van der Waals surface area contributed by atoms with Crippen molar-refractivity contribution in [3.05, 3.63) is 70.1 Å². The first-order valence-corrected chi connectivity index (χ1v) is 10.1. The number of imidazole rings is 1. The smallest absolute Gasteiger partial charge is 0.329 e. The molecule has 30 heavy (non-hydrogen) atoms. The van der Waals surface area contributed by atoms with Crippen LogP contribution in [0, 0.1) is 6.92 Å². The molecular weight excluding hydrogens is 382 g/mol. The maximum Gasteiger partial charge on any atom is 0.329 e. The molecule has 3 rings (SSSR count). The zero-order chi connectivity index (χ0) is 21.7. The van der Waals surface area contributed by atoms with Gasteiger partial charge in [-0.3, -0.25) is 18.7 Å². The van der Waals surface area contributed by atoms with Gasteiger partial charge in [0, 0.05) is 19.5 Å². The van der Waals surface area contributed by atoms with Gasteiger partial charge in [0.1, 0.15) is 0 Å². The number of para-hydroxylation sites is 2. The lowest BCUT2D eigenvalue weighted by atomic mass is 10.0. The number of aromatic nitrogens is 2. The average molecular weight is 409 g/mol. The minimum absolute atomic E-state index is 0.0421. The first kappa shape index (κ1) is 21.4. The maximum atomic E-state index is 12.7. The van der Waals surface area contributed by atoms with Gasteiger partial charge in [0.2, 0.25) is 5.91 Å². The van der Waals surface area contributed by atoms with Crippen molar-refractivity contribution < 1.29 is 14.3 Å². The van der Waals surface area contributed by atoms with Gasteiger partial charge in [-0.2, -0.15) is 0 Å². The van der Waals surface area contributed by atoms with Crippen molar-refractivity contribution in [2.24, 2.45) is 0 Å². The first-order valence-electron chi connectivity index (χ1n) is 10.1. The molecule has 0 aliphatic rings. The van der Waals surface area contributed by atoms with Gasteiger partial charge in [0.05, 0.1) is 30.6 Å². The van der Waals surface area contributed by atoms with Crippen LogP contribution in [0.25, 0.3) is 11.0 Å². The van der Waals surface area contributed by atoms with Gasteiger partial charge in [-0.1, -0.05) is 42.0 Å². The second kappa shape index (κ2) is 9.43. The third-order valence-electron chi connectivity index (χ3n) is 5.22. The first-order chi connectivity index (χ1) is 14.4. The number of esters is 1. The summed E-state index contributed by atoms with van der Waals surface area (Å²) in [5, 5.41) is 2.91. The number of rotatable bonds is 8. The van der Waals surface area contributed by atoms with Crippen LogP contribution in [0.2, 0.25) is 0 Å². The van der Waals surface area contributed by atoms with E-state index in [1.165, 1.54) is 7.11 Å². The Morgan fingerprint density at radius 2 is 1.67 bits per heavy atom. The second-order valence-corrected chi connectivity index (χ2v) is 7.23. The number of hydrogen-bond donors (Lipinski definition) is 1. The Labute approximate surface area is 175 Å². The van der Waals surface area contributed by atoms with Crippen molar-refractivity contribution in [2.45, 2.75) is 45.8 Å². The molecule has 7 nitrogen and oxygen atoms in total. The van der Waals surface area contributed by atoms with Gasteiger partial charge < -0.3 is 10.1 Å². The Hall–Kier alpha value is -3.35. The summed E-state index contributed by atoms with van der Waals surface area (Å²) in [6, 6.07) is 14.7. The standard InChI is InChI=1S/C23H27N3O4/c1-4-25-19-7-5-6-8-20(19)26(23(25)29)14-13-21(27)24-18(15-22(28)30-3)17-11-9-16(2)10-12-17/h5-12,18H,4,13-15H2,1-3H3,(H,24,27). The number of amides is 1. The molecule has 1 unspecified atom stereocenters. The number of methoxy groups -OCH3 is 1. The normalized spacial score (nSPS) is 12.0. The van der Waals surface area contributed by atoms with Crippen LogP contribution in [-0.4, -0.2) is 28.1 Å². The molecule has 7 heteroatoms. The number of hydrogen-bond acceptors (Lipinski definition) is 4. The fourth-order valence-electron chi connectivity index (χ4n) is 3.57. The van der Waals surface area contributed by atoms with Crippen molar-refractivity contribution in [3.63, 3.8) is 0 Å². The van der Waals surface area contributed by atoms with Crippen LogP contribution >= 0.6 is 0 Å². The predicted molar refractivity (Wildman–Crippen MR) is 115 cm³/mol. The number of nitrogens with zero attached hydrogens (tertiary/aromatic N) is 2. The second-order valence-electron chi connectivity index (χ2n) is 7.23. The number of ether oxygens (including phenoxy) is 1. The van der Waals surface area contributed by atoms with Crippen LogP contribution in [0.4, 0.5) is 0 Å². The van der Waals surface area contributed by atoms with Crippen LogP contribution in [0.5, 0.6) is 0 Å². The topological polar surface area (TPSA) is 82.3 Å². The molecular formula is C23H27N3O4. The molecule has 1 amide bonds. The van der Waals surface area contributed by atoms with E-state index in [1.54, 1.807) is 9.13 Å². The summed E-state index contributed by atoms with van der Waals surface area (Å²) >= 11 is 0. The Morgan fingerprint density at radius 1 is 1.03 bits per heavy atom. The summed E-state index contributed by atoms with van der Waals surface area (Å²) in [6.07, 6.45) is 0.168. The van der Waals surface area contributed by atoms with Crippen molar-refractivity contribution in [1.29, 1.82) is 0 Å². The summed E-state index contributed by atoms with van der Waals surface area (Å²) in [6.45, 7) is 4.72. The average Bonchev–Trinajstić information content (AvgIpc) is 3.02. The lowest BCUT2D eigenvalue weighted by Gasteiger charge is -2.18. The van der Waals surface area contributed by atoms with E-state index in [4.69, 9.17) is 4.74 Å². The van der Waals surface area contributed by atoms with E-state index in [9.17, 15) is 14.4 Å². The monoisotopic (exact) mass is 409 g/mol. The van der Waals surface area contributed by atoms with E-state index < -0.39 is 12.0 Å². The molecule has 158 valence electrons. The molecule has 3 aromatic rings. The number of aryl methyl sites for hydroxylation is 3. The van der Waals surface area contributed by atoms with Crippen molar-refractivity contribution >= 4 is 22.9 Å². The van der Waals surface area contributed by atoms with Crippen LogP contribution in [-0.2, 0) is 27.4 Å². The van der Waals surface area contributed by atoms with E-state index in [-0.39, 0.29) is 31.0 Å². The molecule has 2 aromatic carbocycles. The molecule has 0 aliphatic carbocycles. The quantitative estimate of drug-likeness (QED) is 0.580. The summed E-state index contributed by atoms with van der Waals surface area (Å²) in [5.41, 5.74) is 3.46. The van der Waals surface area contributed by atoms with Gasteiger partial charge in [0.15, 0.2) is 0 Å². The van der Waals surface area contributed by atoms with E-state index in [0.717, 1.165) is 22.2 Å². The molecule has 1 aromatic heterocycles. The molecule has 0 fully saturated rings. The Morgan fingerprint density at radius 3 is 2.27 bits per heavy atom. The lowest BCUT2D eigenvalue weighted by molar-refractivity contribution is -0.141. The number of carbonyl (C=O) groups excluding carboxylic acids is 2. The molecule has 0 saturated carbocycles. The third-order valence-corrected chi connectivity index (χ3v) is 5.22. The largest absolute Gasteiger partial charge is 0.469 e. The van der Waals surface area contributed by atoms with Gasteiger partial charge in [0.25, 0.3) is 0 Å². The van der Waals surface area contributed by atoms with E-state index in [2.05, 4.69) is 5.32 Å². The van der Waals surface area contributed by atoms with Crippen LogP contribution in [0.1, 0.15) is 36.9 Å². The highest BCUT2D eigenvalue weighted by Crippen LogP contribution is 2.19. The van der Waals surface area contributed by atoms with Crippen molar-refractivity contribution in [1.82, 2.24) is 14.5 Å². The molecule has 1 N–H and O–H groups in total. The molecule has 1 atom stereocenters. The highest BCUT2D eigenvalue weighted by atomic mass is 16.5. The fourth-order valence-corrected chi connectivity index (χ4v) is 3.57. The van der Waals surface area contributed by atoms with Gasteiger partial charge in [-0.25, -0.2) is 4.79 Å². The maximum absolute atomic E-state index is 12.7. The number of benzene rings is 2. The SMILES string of the molecule is CCn1c(=O)n(CCC(=O)NC(CC(=O)OC)c2ccc(C)cc2)c2ccccc21. The molecule has 0 radical (unpaired) electrons. The van der Waals surface area contributed by atoms with Crippen molar-refractivity contribution in [3.8, 4) is 0 Å². The molecule has 1 heterocycles. The van der Waals surface area contributed by atoms with E-state index >= 15 is 0 Å². The molecule has 0 spiro atoms. The molecule has 0 aliphatic heterocycles. The Balaban J connectivity index is 1.75. The zero-order valence-electron chi connectivity index (χ0n) is 17.6. The zero-order valence-corrected chi connectivity index (χ0v) is 17.6. The Kier molecular flexibility index (Phi) is 6.72. The lowest BCUT2D eigenvalue weighted by Crippen LogP contribution is -2.32. The minimum atomic E-state index is -0.487. The van der Waals surface area contributed by atoms with Crippen LogP contribution < -0.4 is 11.0 Å². The Bertz CT molecular complexity index is 1100. The highest BCUT2D eigenvalue weighted by Gasteiger charge is 2.20. The molecule has 0 saturated heterocycles. The number of carbonyl (C=O) groups is 2. The van der Waals surface area contributed by atoms with Gasteiger partial charge >= 0.3 is 11.7 Å². The highest BCUT2D eigenvalue weighted by molar-refractivity contribution is 5.79. The van der Waals surface area contributed by atoms with E-state index in [1.807, 2.05) is 62.4 Å². The fraction of sp³-hybridized carbons (Fsp3) is 0.348. The van der Waals surface area contributed by atoms with E-state index in [0.29, 0.717) is 6.54 Å². The van der Waals surface area contributed by atoms with Crippen LogP contribution in [0.3, 0.4) is 0 Å². The summed E-state index contributed by atoms with van der Waals surface area (Å²) in [4.78, 5) is 37.2. The summed E-state index contributed by atoms with van der Waals surface area (Å²) < 4.78 is 8.10. The predicted octanol–water partition coefficient (Wildman–Crippen LogP) is 2.94. The number of fused-ring (bicyclic) bond motifs is 1. The molecule has 0 bridgehead atoms. The summed E-state index contributed by atoms with van der Waals surface area (Å²) in [7, 11) is 1.33. The minimum Gasteiger partial charge on any atom is -0.469 e. The third kappa shape index (κ3) is 4.62. The van der Waals surface area contributed by atoms with Gasteiger partial charge in [-0.15, -0.1) is 0 Å². The summed E-state index contributed by atoms with van der Waals surface area (Å²) in [5.74, 6) is -0.632. The van der Waals surface area contributed by atoms with Gasteiger partial charge in [-0.05, 0) is 31.5 Å². The number of nitrogens with one attached hydrogen (secondary N) is 1. The van der Waals surface area contributed by atoms with Crippen molar-refractivity contribution in [2.75, 3.05) is 7.11 Å². The van der Waals surface area contributed by atoms with Crippen LogP contribution in [0.15, 0.2) is 53.3 Å².